The number of aromatic nitrogens is 2. The Balaban J connectivity index is 2.04. The fourth-order valence-corrected chi connectivity index (χ4v) is 3.50. The van der Waals surface area contributed by atoms with Crippen molar-refractivity contribution in [2.24, 2.45) is 0 Å². The van der Waals surface area contributed by atoms with Gasteiger partial charge in [0.1, 0.15) is 0 Å². The number of carboxylic acid groups (broad SMARTS) is 1. The predicted molar refractivity (Wildman–Crippen MR) is 84.9 cm³/mol. The molecule has 1 aliphatic heterocycles. The number of hydrogen-bond acceptors (Lipinski definition) is 4. The number of nitrogens with zero attached hydrogens (tertiary/aromatic N) is 3. The minimum Gasteiger partial charge on any atom is -0.481 e. The van der Waals surface area contributed by atoms with E-state index >= 15 is 0 Å². The fourth-order valence-electron chi connectivity index (χ4n) is 2.58. The minimum absolute atomic E-state index is 0.00486. The van der Waals surface area contributed by atoms with E-state index in [9.17, 15) is 4.79 Å². The van der Waals surface area contributed by atoms with E-state index in [0.717, 1.165) is 42.1 Å². The average molecular weight is 326 g/mol. The second-order valence-electron chi connectivity index (χ2n) is 5.04. The third-order valence-electron chi connectivity index (χ3n) is 3.50. The summed E-state index contributed by atoms with van der Waals surface area (Å²) in [4.78, 5) is 15.4. The Morgan fingerprint density at radius 3 is 2.81 bits per heavy atom. The zero-order chi connectivity index (χ0) is 14.8. The van der Waals surface area contributed by atoms with Crippen molar-refractivity contribution in [3.63, 3.8) is 0 Å². The van der Waals surface area contributed by atoms with Crippen LogP contribution in [0.5, 0.6) is 0 Å². The van der Waals surface area contributed by atoms with Crippen molar-refractivity contribution in [2.75, 3.05) is 23.9 Å². The number of hydrogen-bond donors (Lipinski definition) is 1. The molecular weight excluding hydrogens is 310 g/mol. The highest BCUT2D eigenvalue weighted by molar-refractivity contribution is 7.99. The molecule has 3 rings (SSSR count). The lowest BCUT2D eigenvalue weighted by atomic mass is 10.2. The van der Waals surface area contributed by atoms with Crippen LogP contribution in [-0.2, 0) is 4.79 Å². The molecule has 0 radical (unpaired) electrons. The summed E-state index contributed by atoms with van der Waals surface area (Å²) >= 11 is 7.35. The van der Waals surface area contributed by atoms with Gasteiger partial charge in [-0.15, -0.1) is 0 Å². The number of halogens is 1. The molecule has 7 heteroatoms. The molecule has 1 N–H and O–H groups in total. The highest BCUT2D eigenvalue weighted by Crippen LogP contribution is 2.27. The second-order valence-corrected chi connectivity index (χ2v) is 6.41. The summed E-state index contributed by atoms with van der Waals surface area (Å²) < 4.78 is 2.04. The number of thioether (sulfide) groups is 1. The predicted octanol–water partition coefficient (Wildman–Crippen LogP) is 2.99. The van der Waals surface area contributed by atoms with Gasteiger partial charge < -0.3 is 10.1 Å². The van der Waals surface area contributed by atoms with Crippen molar-refractivity contribution in [2.45, 2.75) is 24.4 Å². The van der Waals surface area contributed by atoms with Crippen LogP contribution in [0.3, 0.4) is 0 Å². The van der Waals surface area contributed by atoms with Gasteiger partial charge in [-0.05, 0) is 37.5 Å². The number of carboxylic acids is 1. The molecule has 0 aliphatic carbocycles. The van der Waals surface area contributed by atoms with Gasteiger partial charge in [-0.3, -0.25) is 4.79 Å². The third kappa shape index (κ3) is 3.11. The first-order chi connectivity index (χ1) is 10.1. The molecule has 2 aromatic rings. The van der Waals surface area contributed by atoms with Crippen molar-refractivity contribution in [3.8, 4) is 0 Å². The average Bonchev–Trinajstić information content (AvgIpc) is 2.83. The quantitative estimate of drug-likeness (QED) is 0.876. The molecule has 1 aromatic heterocycles. The summed E-state index contributed by atoms with van der Waals surface area (Å²) in [5.74, 6) is -0.833. The molecule has 0 bridgehead atoms. The molecule has 1 saturated heterocycles. The molecule has 2 heterocycles. The highest BCUT2D eigenvalue weighted by atomic mass is 35.5. The maximum Gasteiger partial charge on any atom is 0.313 e. The second kappa shape index (κ2) is 6.15. The molecule has 0 saturated carbocycles. The maximum atomic E-state index is 10.8. The number of fused-ring (bicyclic) bond motifs is 1. The van der Waals surface area contributed by atoms with Crippen LogP contribution < -0.4 is 5.01 Å². The smallest absolute Gasteiger partial charge is 0.313 e. The van der Waals surface area contributed by atoms with Crippen molar-refractivity contribution < 1.29 is 9.90 Å². The van der Waals surface area contributed by atoms with Crippen LogP contribution in [0.2, 0.25) is 5.02 Å². The summed E-state index contributed by atoms with van der Waals surface area (Å²) in [6, 6.07) is 5.58. The Hall–Kier alpha value is -1.40. The summed E-state index contributed by atoms with van der Waals surface area (Å²) in [6.07, 6.45) is 3.52. The zero-order valence-corrected chi connectivity index (χ0v) is 13.0. The lowest BCUT2D eigenvalue weighted by molar-refractivity contribution is -0.133. The molecule has 0 amide bonds. The van der Waals surface area contributed by atoms with E-state index in [2.05, 4.69) is 9.99 Å². The SMILES string of the molecule is O=C(O)CSc1nc2ccc(Cl)cc2n1N1CCCCC1. The molecule has 0 unspecified atom stereocenters. The van der Waals surface area contributed by atoms with Gasteiger partial charge in [0, 0.05) is 18.1 Å². The van der Waals surface area contributed by atoms with E-state index < -0.39 is 5.97 Å². The number of imidazole rings is 1. The number of rotatable bonds is 4. The van der Waals surface area contributed by atoms with Gasteiger partial charge in [0.2, 0.25) is 0 Å². The van der Waals surface area contributed by atoms with Gasteiger partial charge in [-0.1, -0.05) is 23.4 Å². The summed E-state index contributed by atoms with van der Waals surface area (Å²) in [5, 5.41) is 12.5. The normalized spacial score (nSPS) is 15.6. The topological polar surface area (TPSA) is 58.4 Å². The molecule has 0 atom stereocenters. The van der Waals surface area contributed by atoms with Crippen LogP contribution in [0.1, 0.15) is 19.3 Å². The first-order valence-electron chi connectivity index (χ1n) is 6.93. The Labute approximate surface area is 131 Å². The van der Waals surface area contributed by atoms with Gasteiger partial charge in [-0.25, -0.2) is 9.66 Å². The van der Waals surface area contributed by atoms with Crippen LogP contribution in [-0.4, -0.2) is 39.6 Å². The fraction of sp³-hybridized carbons (Fsp3) is 0.429. The number of piperidine rings is 1. The van der Waals surface area contributed by atoms with Gasteiger partial charge in [0.05, 0.1) is 16.8 Å². The van der Waals surface area contributed by atoms with Gasteiger partial charge >= 0.3 is 5.97 Å². The molecule has 21 heavy (non-hydrogen) atoms. The van der Waals surface area contributed by atoms with Crippen LogP contribution in [0.4, 0.5) is 0 Å². The first kappa shape index (κ1) is 14.5. The van der Waals surface area contributed by atoms with E-state index in [1.54, 1.807) is 0 Å². The van der Waals surface area contributed by atoms with Crippen LogP contribution in [0.25, 0.3) is 11.0 Å². The third-order valence-corrected chi connectivity index (χ3v) is 4.65. The van der Waals surface area contributed by atoms with E-state index in [0.29, 0.717) is 5.02 Å². The standard InChI is InChI=1S/C14H16ClN3O2S/c15-10-4-5-11-12(8-10)18(17-6-2-1-3-7-17)14(16-11)21-9-13(19)20/h4-5,8H,1-3,6-7,9H2,(H,19,20). The minimum atomic E-state index is -0.838. The lowest BCUT2D eigenvalue weighted by Gasteiger charge is -2.31. The molecule has 0 spiro atoms. The Morgan fingerprint density at radius 1 is 1.33 bits per heavy atom. The molecule has 1 fully saturated rings. The largest absolute Gasteiger partial charge is 0.481 e. The highest BCUT2D eigenvalue weighted by Gasteiger charge is 2.19. The summed E-state index contributed by atoms with van der Waals surface area (Å²) in [7, 11) is 0. The van der Waals surface area contributed by atoms with Crippen LogP contribution >= 0.6 is 23.4 Å². The summed E-state index contributed by atoms with van der Waals surface area (Å²) in [6.45, 7) is 1.91. The van der Waals surface area contributed by atoms with Crippen molar-refractivity contribution in [3.05, 3.63) is 23.2 Å². The molecule has 1 aromatic carbocycles. The van der Waals surface area contributed by atoms with Crippen LogP contribution in [0.15, 0.2) is 23.4 Å². The van der Waals surface area contributed by atoms with Crippen molar-refractivity contribution in [1.82, 2.24) is 9.66 Å². The van der Waals surface area contributed by atoms with Crippen LogP contribution in [0, 0.1) is 0 Å². The Bertz CT molecular complexity index is 668. The van der Waals surface area contributed by atoms with E-state index in [4.69, 9.17) is 16.7 Å². The maximum absolute atomic E-state index is 10.8. The number of benzene rings is 1. The Morgan fingerprint density at radius 2 is 2.10 bits per heavy atom. The zero-order valence-electron chi connectivity index (χ0n) is 11.5. The molecule has 112 valence electrons. The molecule has 1 aliphatic rings. The van der Waals surface area contributed by atoms with Gasteiger partial charge in [0.25, 0.3) is 0 Å². The first-order valence-corrected chi connectivity index (χ1v) is 8.29. The van der Waals surface area contributed by atoms with Gasteiger partial charge in [0.15, 0.2) is 5.16 Å². The lowest BCUT2D eigenvalue weighted by Crippen LogP contribution is -2.39. The van der Waals surface area contributed by atoms with Crippen molar-refractivity contribution >= 4 is 40.4 Å². The summed E-state index contributed by atoms with van der Waals surface area (Å²) in [5.41, 5.74) is 1.79. The number of aliphatic carboxylic acids is 1. The molecular formula is C14H16ClN3O2S. The van der Waals surface area contributed by atoms with Gasteiger partial charge in [-0.2, -0.15) is 0 Å². The number of carbonyl (C=O) groups is 1. The van der Waals surface area contributed by atoms with E-state index in [1.165, 1.54) is 18.2 Å². The van der Waals surface area contributed by atoms with E-state index in [-0.39, 0.29) is 5.75 Å². The Kier molecular flexibility index (Phi) is 4.26. The van der Waals surface area contributed by atoms with E-state index in [1.807, 2.05) is 22.9 Å². The monoisotopic (exact) mass is 325 g/mol. The van der Waals surface area contributed by atoms with Crippen molar-refractivity contribution in [1.29, 1.82) is 0 Å². The molecule has 5 nitrogen and oxygen atoms in total.